The minimum absolute atomic E-state index is 0.111. The highest BCUT2D eigenvalue weighted by atomic mass is 16.4. The summed E-state index contributed by atoms with van der Waals surface area (Å²) in [4.78, 5) is 20.6. The molecule has 2 unspecified atom stereocenters. The normalized spacial score (nSPS) is 13.3. The van der Waals surface area contributed by atoms with E-state index in [9.17, 15) is 9.59 Å². The van der Waals surface area contributed by atoms with E-state index in [-0.39, 0.29) is 5.92 Å². The third kappa shape index (κ3) is 13.4. The molecule has 0 aromatic heterocycles. The lowest BCUT2D eigenvalue weighted by atomic mass is 9.93. The van der Waals surface area contributed by atoms with E-state index in [1.165, 1.54) is 0 Å². The number of unbranched alkanes of at least 4 members (excludes halogenated alkanes) is 1. The van der Waals surface area contributed by atoms with Crippen LogP contribution in [-0.4, -0.2) is 22.2 Å². The fourth-order valence-electron chi connectivity index (χ4n) is 1.64. The van der Waals surface area contributed by atoms with Crippen LogP contribution in [0.25, 0.3) is 0 Å². The fourth-order valence-corrected chi connectivity index (χ4v) is 1.64. The standard InChI is InChI=1S/2C8H16O2/c1-6(2)7(3)4-5-8(9)10;1-3-5-6-7(4-2)8(9)10/h6-7H,4-5H2,1-3H3,(H,9,10);7H,3-6H2,1-2H3,(H,9,10). The second-order valence-electron chi connectivity index (χ2n) is 5.74. The molecule has 0 radical (unpaired) electrons. The molecule has 0 saturated heterocycles. The lowest BCUT2D eigenvalue weighted by Crippen LogP contribution is -2.11. The Morgan fingerprint density at radius 1 is 1.00 bits per heavy atom. The highest BCUT2D eigenvalue weighted by Crippen LogP contribution is 2.15. The van der Waals surface area contributed by atoms with Gasteiger partial charge in [0.15, 0.2) is 0 Å². The average Bonchev–Trinajstić information content (AvgIpc) is 2.37. The topological polar surface area (TPSA) is 74.6 Å². The molecular weight excluding hydrogens is 256 g/mol. The molecule has 0 rings (SSSR count). The molecule has 20 heavy (non-hydrogen) atoms. The van der Waals surface area contributed by atoms with E-state index in [4.69, 9.17) is 10.2 Å². The van der Waals surface area contributed by atoms with Crippen LogP contribution in [0, 0.1) is 17.8 Å². The Bertz CT molecular complexity index is 261. The van der Waals surface area contributed by atoms with E-state index in [1.54, 1.807) is 0 Å². The van der Waals surface area contributed by atoms with Crippen LogP contribution < -0.4 is 0 Å². The Morgan fingerprint density at radius 2 is 1.55 bits per heavy atom. The molecule has 0 aromatic rings. The summed E-state index contributed by atoms with van der Waals surface area (Å²) in [5.41, 5.74) is 0. The van der Waals surface area contributed by atoms with E-state index in [1.807, 2.05) is 6.92 Å². The van der Waals surface area contributed by atoms with E-state index >= 15 is 0 Å². The van der Waals surface area contributed by atoms with Gasteiger partial charge in [0, 0.05) is 6.42 Å². The average molecular weight is 288 g/mol. The Morgan fingerprint density at radius 3 is 1.85 bits per heavy atom. The Hall–Kier alpha value is -1.06. The van der Waals surface area contributed by atoms with Crippen LogP contribution in [0.5, 0.6) is 0 Å². The van der Waals surface area contributed by atoms with Crippen molar-refractivity contribution in [2.24, 2.45) is 17.8 Å². The first-order chi connectivity index (χ1) is 9.26. The van der Waals surface area contributed by atoms with Gasteiger partial charge in [-0.25, -0.2) is 0 Å². The molecule has 120 valence electrons. The number of carboxylic acids is 2. The maximum Gasteiger partial charge on any atom is 0.306 e. The molecule has 4 heteroatoms. The van der Waals surface area contributed by atoms with Crippen molar-refractivity contribution in [3.05, 3.63) is 0 Å². The largest absolute Gasteiger partial charge is 0.481 e. The Kier molecular flexibility index (Phi) is 13.8. The Balaban J connectivity index is 0. The van der Waals surface area contributed by atoms with Crippen LogP contribution in [0.15, 0.2) is 0 Å². The second kappa shape index (κ2) is 12.9. The molecular formula is C16H32O4. The van der Waals surface area contributed by atoms with Crippen LogP contribution in [0.4, 0.5) is 0 Å². The van der Waals surface area contributed by atoms with Gasteiger partial charge in [0.05, 0.1) is 5.92 Å². The monoisotopic (exact) mass is 288 g/mol. The van der Waals surface area contributed by atoms with Crippen molar-refractivity contribution in [2.45, 2.75) is 73.1 Å². The Labute approximate surface area is 123 Å². The zero-order valence-corrected chi connectivity index (χ0v) is 13.7. The van der Waals surface area contributed by atoms with Crippen molar-refractivity contribution in [1.82, 2.24) is 0 Å². The van der Waals surface area contributed by atoms with Crippen LogP contribution in [0.1, 0.15) is 73.1 Å². The van der Waals surface area contributed by atoms with Gasteiger partial charge in [0.25, 0.3) is 0 Å². The predicted molar refractivity (Wildman–Crippen MR) is 81.8 cm³/mol. The second-order valence-corrected chi connectivity index (χ2v) is 5.74. The van der Waals surface area contributed by atoms with Crippen LogP contribution in [-0.2, 0) is 9.59 Å². The number of hydrogen-bond acceptors (Lipinski definition) is 2. The first-order valence-electron chi connectivity index (χ1n) is 7.70. The summed E-state index contributed by atoms with van der Waals surface area (Å²) in [6.45, 7) is 10.3. The maximum absolute atomic E-state index is 10.4. The molecule has 0 aliphatic heterocycles. The molecule has 0 aliphatic rings. The highest BCUT2D eigenvalue weighted by Gasteiger charge is 2.12. The third-order valence-electron chi connectivity index (χ3n) is 3.70. The van der Waals surface area contributed by atoms with Gasteiger partial charge >= 0.3 is 11.9 Å². The van der Waals surface area contributed by atoms with Gasteiger partial charge in [0.2, 0.25) is 0 Å². The highest BCUT2D eigenvalue weighted by molar-refractivity contribution is 5.69. The van der Waals surface area contributed by atoms with Crippen LogP contribution in [0.2, 0.25) is 0 Å². The molecule has 2 atom stereocenters. The van der Waals surface area contributed by atoms with Gasteiger partial charge in [-0.05, 0) is 31.1 Å². The summed E-state index contributed by atoms with van der Waals surface area (Å²) in [7, 11) is 0. The SMILES string of the molecule is CC(C)C(C)CCC(=O)O.CCCCC(CC)C(=O)O. The molecule has 0 saturated carbocycles. The molecule has 4 nitrogen and oxygen atoms in total. The first kappa shape index (κ1) is 21.2. The van der Waals surface area contributed by atoms with E-state index in [2.05, 4.69) is 27.7 Å². The molecule has 0 amide bonds. The lowest BCUT2D eigenvalue weighted by molar-refractivity contribution is -0.142. The predicted octanol–water partition coefficient (Wildman–Crippen LogP) is 4.43. The summed E-state index contributed by atoms with van der Waals surface area (Å²) in [6, 6.07) is 0. The fraction of sp³-hybridized carbons (Fsp3) is 0.875. The molecule has 0 aliphatic carbocycles. The van der Waals surface area contributed by atoms with Gasteiger partial charge in [-0.1, -0.05) is 47.5 Å². The minimum atomic E-state index is -0.687. The van der Waals surface area contributed by atoms with Gasteiger partial charge in [-0.15, -0.1) is 0 Å². The molecule has 0 spiro atoms. The van der Waals surface area contributed by atoms with Crippen molar-refractivity contribution in [3.63, 3.8) is 0 Å². The van der Waals surface area contributed by atoms with Gasteiger partial charge in [-0.2, -0.15) is 0 Å². The molecule has 0 bridgehead atoms. The van der Waals surface area contributed by atoms with Crippen molar-refractivity contribution in [2.75, 3.05) is 0 Å². The molecule has 2 N–H and O–H groups in total. The molecule has 0 fully saturated rings. The number of carboxylic acid groups (broad SMARTS) is 2. The lowest BCUT2D eigenvalue weighted by Gasteiger charge is -2.12. The zero-order chi connectivity index (χ0) is 16.1. The van der Waals surface area contributed by atoms with Gasteiger partial charge in [0.1, 0.15) is 0 Å². The van der Waals surface area contributed by atoms with Gasteiger partial charge in [-0.3, -0.25) is 9.59 Å². The molecule has 0 aromatic carbocycles. The summed E-state index contributed by atoms with van der Waals surface area (Å²) in [5.74, 6) is -0.321. The van der Waals surface area contributed by atoms with Crippen LogP contribution in [0.3, 0.4) is 0 Å². The summed E-state index contributed by atoms with van der Waals surface area (Å²) in [6.07, 6.45) is 4.82. The number of rotatable bonds is 9. The third-order valence-corrected chi connectivity index (χ3v) is 3.70. The zero-order valence-electron chi connectivity index (χ0n) is 13.7. The van der Waals surface area contributed by atoms with E-state index in [0.29, 0.717) is 18.3 Å². The van der Waals surface area contributed by atoms with Crippen LogP contribution >= 0.6 is 0 Å². The molecule has 0 heterocycles. The maximum atomic E-state index is 10.4. The quantitative estimate of drug-likeness (QED) is 0.658. The summed E-state index contributed by atoms with van der Waals surface area (Å²) >= 11 is 0. The number of carbonyl (C=O) groups is 2. The van der Waals surface area contributed by atoms with Gasteiger partial charge < -0.3 is 10.2 Å². The van der Waals surface area contributed by atoms with Crippen molar-refractivity contribution < 1.29 is 19.8 Å². The first-order valence-corrected chi connectivity index (χ1v) is 7.70. The number of hydrogen-bond donors (Lipinski definition) is 2. The van der Waals surface area contributed by atoms with Crippen molar-refractivity contribution in [1.29, 1.82) is 0 Å². The van der Waals surface area contributed by atoms with Crippen molar-refractivity contribution >= 4 is 11.9 Å². The van der Waals surface area contributed by atoms with E-state index < -0.39 is 11.9 Å². The van der Waals surface area contributed by atoms with Crippen molar-refractivity contribution in [3.8, 4) is 0 Å². The minimum Gasteiger partial charge on any atom is -0.481 e. The smallest absolute Gasteiger partial charge is 0.306 e. The summed E-state index contributed by atoms with van der Waals surface area (Å²) < 4.78 is 0. The van der Waals surface area contributed by atoms with E-state index in [0.717, 1.165) is 32.1 Å². The number of aliphatic carboxylic acids is 2. The summed E-state index contributed by atoms with van der Waals surface area (Å²) in [5, 5.41) is 16.9.